The van der Waals surface area contributed by atoms with E-state index in [-0.39, 0.29) is 24.6 Å². The van der Waals surface area contributed by atoms with E-state index >= 15 is 0 Å². The lowest BCUT2D eigenvalue weighted by Crippen LogP contribution is -2.11. The van der Waals surface area contributed by atoms with Gasteiger partial charge in [0.1, 0.15) is 18.2 Å². The van der Waals surface area contributed by atoms with E-state index in [4.69, 9.17) is 14.6 Å². The normalized spacial score (nSPS) is 11.3. The van der Waals surface area contributed by atoms with Gasteiger partial charge in [-0.1, -0.05) is 36.4 Å². The van der Waals surface area contributed by atoms with Crippen LogP contribution in [0.2, 0.25) is 0 Å². The third-order valence-electron chi connectivity index (χ3n) is 4.41. The number of carbonyl (C=O) groups excluding carboxylic acids is 1. The number of ether oxygens (including phenoxy) is 2. The quantitative estimate of drug-likeness (QED) is 0.420. The molecule has 30 heavy (non-hydrogen) atoms. The minimum atomic E-state index is -1.10. The van der Waals surface area contributed by atoms with Crippen molar-refractivity contribution >= 4 is 28.8 Å². The van der Waals surface area contributed by atoms with E-state index in [0.717, 1.165) is 10.8 Å². The Kier molecular flexibility index (Phi) is 6.80. The zero-order chi connectivity index (χ0) is 21.5. The van der Waals surface area contributed by atoms with Crippen LogP contribution in [-0.2, 0) is 20.9 Å². The third-order valence-corrected chi connectivity index (χ3v) is 4.41. The van der Waals surface area contributed by atoms with Crippen LogP contribution in [0.25, 0.3) is 16.8 Å². The molecule has 1 N–H and O–H groups in total. The summed E-state index contributed by atoms with van der Waals surface area (Å²) in [5.41, 5.74) is 1.24. The number of benzene rings is 3. The highest BCUT2D eigenvalue weighted by atomic mass is 19.1. The highest BCUT2D eigenvalue weighted by molar-refractivity contribution is 5.98. The molecule has 0 saturated heterocycles. The van der Waals surface area contributed by atoms with Crippen molar-refractivity contribution in [2.75, 3.05) is 6.61 Å². The minimum Gasteiger partial charge on any atom is -0.489 e. The summed E-state index contributed by atoms with van der Waals surface area (Å²) >= 11 is 0. The summed E-state index contributed by atoms with van der Waals surface area (Å²) in [7, 11) is 0. The standard InChI is InChI=1S/C24H21FO5/c1-2-29-24(28)20(14-23(26)27)12-16-7-8-18-13-21(10-9-17(18)11-16)30-15-19-5-3-4-6-22(19)25/h3-13H,2,14-15H2,1H3,(H,26,27)/b20-12+. The summed E-state index contributed by atoms with van der Waals surface area (Å²) in [5, 5.41) is 10.8. The van der Waals surface area contributed by atoms with Gasteiger partial charge in [-0.05, 0) is 53.6 Å². The van der Waals surface area contributed by atoms with E-state index in [2.05, 4.69) is 0 Å². The summed E-state index contributed by atoms with van der Waals surface area (Å²) in [4.78, 5) is 23.1. The Morgan fingerprint density at radius 1 is 1.03 bits per heavy atom. The Bertz CT molecular complexity index is 1100. The number of carboxylic acid groups (broad SMARTS) is 1. The Balaban J connectivity index is 1.81. The monoisotopic (exact) mass is 408 g/mol. The molecule has 3 rings (SSSR count). The number of carbonyl (C=O) groups is 2. The fraction of sp³-hybridized carbons (Fsp3) is 0.167. The first-order valence-corrected chi connectivity index (χ1v) is 9.45. The van der Waals surface area contributed by atoms with Crippen molar-refractivity contribution in [3.63, 3.8) is 0 Å². The molecule has 0 spiro atoms. The molecule has 6 heteroatoms. The SMILES string of the molecule is CCOC(=O)/C(=C/c1ccc2cc(OCc3ccccc3F)ccc2c1)CC(=O)O. The fourth-order valence-corrected chi connectivity index (χ4v) is 2.97. The largest absolute Gasteiger partial charge is 0.489 e. The number of rotatable bonds is 8. The van der Waals surface area contributed by atoms with Crippen LogP contribution in [0.15, 0.2) is 66.2 Å². The summed E-state index contributed by atoms with van der Waals surface area (Å²) < 4.78 is 24.4. The summed E-state index contributed by atoms with van der Waals surface area (Å²) in [6, 6.07) is 17.4. The molecule has 0 heterocycles. The number of esters is 1. The van der Waals surface area contributed by atoms with Crippen LogP contribution in [0.4, 0.5) is 4.39 Å². The number of aliphatic carboxylic acids is 1. The van der Waals surface area contributed by atoms with E-state index in [1.165, 1.54) is 12.1 Å². The van der Waals surface area contributed by atoms with Crippen molar-refractivity contribution in [3.05, 3.63) is 83.2 Å². The molecule has 3 aromatic carbocycles. The molecule has 0 atom stereocenters. The Labute approximate surface area is 173 Å². The van der Waals surface area contributed by atoms with Gasteiger partial charge in [-0.15, -0.1) is 0 Å². The molecule has 0 aliphatic heterocycles. The van der Waals surface area contributed by atoms with Crippen molar-refractivity contribution in [2.24, 2.45) is 0 Å². The van der Waals surface area contributed by atoms with Gasteiger partial charge in [0.2, 0.25) is 0 Å². The first-order valence-electron chi connectivity index (χ1n) is 9.45. The van der Waals surface area contributed by atoms with Crippen LogP contribution in [0, 0.1) is 5.82 Å². The number of hydrogen-bond acceptors (Lipinski definition) is 4. The van der Waals surface area contributed by atoms with E-state index in [9.17, 15) is 14.0 Å². The molecule has 0 aromatic heterocycles. The molecule has 0 aliphatic rings. The maximum Gasteiger partial charge on any atom is 0.334 e. The second-order valence-corrected chi connectivity index (χ2v) is 6.61. The lowest BCUT2D eigenvalue weighted by atomic mass is 10.0. The highest BCUT2D eigenvalue weighted by Gasteiger charge is 2.14. The van der Waals surface area contributed by atoms with Crippen LogP contribution in [0.1, 0.15) is 24.5 Å². The molecule has 0 aliphatic carbocycles. The van der Waals surface area contributed by atoms with Crippen LogP contribution >= 0.6 is 0 Å². The zero-order valence-corrected chi connectivity index (χ0v) is 16.4. The predicted molar refractivity (Wildman–Crippen MR) is 112 cm³/mol. The molecule has 0 radical (unpaired) electrons. The predicted octanol–water partition coefficient (Wildman–Crippen LogP) is 4.98. The van der Waals surface area contributed by atoms with Crippen LogP contribution in [0.3, 0.4) is 0 Å². The molecule has 3 aromatic rings. The molecule has 0 saturated carbocycles. The maximum absolute atomic E-state index is 13.7. The molecule has 154 valence electrons. The average molecular weight is 408 g/mol. The third kappa shape index (κ3) is 5.44. The lowest BCUT2D eigenvalue weighted by molar-refractivity contribution is -0.142. The molecule has 5 nitrogen and oxygen atoms in total. The molecular formula is C24H21FO5. The van der Waals surface area contributed by atoms with Gasteiger partial charge in [0, 0.05) is 11.1 Å². The number of carboxylic acids is 1. The number of halogens is 1. The molecular weight excluding hydrogens is 387 g/mol. The Morgan fingerprint density at radius 2 is 1.77 bits per heavy atom. The fourth-order valence-electron chi connectivity index (χ4n) is 2.97. The minimum absolute atomic E-state index is 0.0774. The van der Waals surface area contributed by atoms with Gasteiger partial charge in [0.25, 0.3) is 0 Å². The van der Waals surface area contributed by atoms with Gasteiger partial charge in [-0.2, -0.15) is 0 Å². The van der Waals surface area contributed by atoms with Crippen molar-refractivity contribution in [1.29, 1.82) is 0 Å². The zero-order valence-electron chi connectivity index (χ0n) is 16.4. The topological polar surface area (TPSA) is 72.8 Å². The maximum atomic E-state index is 13.7. The lowest BCUT2D eigenvalue weighted by Gasteiger charge is -2.09. The molecule has 0 amide bonds. The van der Waals surface area contributed by atoms with Gasteiger partial charge in [-0.25, -0.2) is 9.18 Å². The van der Waals surface area contributed by atoms with Crippen molar-refractivity contribution < 1.29 is 28.6 Å². The Morgan fingerprint density at radius 3 is 2.50 bits per heavy atom. The highest BCUT2D eigenvalue weighted by Crippen LogP contribution is 2.24. The van der Waals surface area contributed by atoms with Crippen molar-refractivity contribution in [2.45, 2.75) is 20.0 Å². The van der Waals surface area contributed by atoms with E-state index in [1.807, 2.05) is 24.3 Å². The Hall–Kier alpha value is -3.67. The second kappa shape index (κ2) is 9.69. The summed E-state index contributed by atoms with van der Waals surface area (Å²) in [6.45, 7) is 1.96. The van der Waals surface area contributed by atoms with Gasteiger partial charge in [0.15, 0.2) is 0 Å². The first-order chi connectivity index (χ1) is 14.5. The van der Waals surface area contributed by atoms with Gasteiger partial charge in [0.05, 0.1) is 13.0 Å². The van der Waals surface area contributed by atoms with Crippen molar-refractivity contribution in [3.8, 4) is 5.75 Å². The van der Waals surface area contributed by atoms with Gasteiger partial charge >= 0.3 is 11.9 Å². The molecule has 0 fully saturated rings. The van der Waals surface area contributed by atoms with Crippen molar-refractivity contribution in [1.82, 2.24) is 0 Å². The molecule has 0 unspecified atom stereocenters. The van der Waals surface area contributed by atoms with Gasteiger partial charge in [-0.3, -0.25) is 4.79 Å². The second-order valence-electron chi connectivity index (χ2n) is 6.61. The first kappa shape index (κ1) is 21.0. The van der Waals surface area contributed by atoms with Crippen LogP contribution in [0.5, 0.6) is 5.75 Å². The molecule has 0 bridgehead atoms. The van der Waals surface area contributed by atoms with Crippen LogP contribution in [-0.4, -0.2) is 23.7 Å². The number of fused-ring (bicyclic) bond motifs is 1. The van der Waals surface area contributed by atoms with Gasteiger partial charge < -0.3 is 14.6 Å². The smallest absolute Gasteiger partial charge is 0.334 e. The average Bonchev–Trinajstić information content (AvgIpc) is 2.72. The number of hydrogen-bond donors (Lipinski definition) is 1. The van der Waals surface area contributed by atoms with E-state index in [0.29, 0.717) is 16.9 Å². The van der Waals surface area contributed by atoms with E-state index in [1.54, 1.807) is 37.3 Å². The summed E-state index contributed by atoms with van der Waals surface area (Å²) in [5.74, 6) is -1.45. The van der Waals surface area contributed by atoms with Crippen LogP contribution < -0.4 is 4.74 Å². The van der Waals surface area contributed by atoms with E-state index < -0.39 is 18.4 Å². The summed E-state index contributed by atoms with van der Waals surface area (Å²) in [6.07, 6.45) is 1.10.